The molecule has 2 aromatic rings. The van der Waals surface area contributed by atoms with Gasteiger partial charge in [0.05, 0.1) is 18.4 Å². The minimum Gasteiger partial charge on any atom is -0.453 e. The normalized spacial score (nSPS) is 33.2. The second kappa shape index (κ2) is 8.54. The van der Waals surface area contributed by atoms with Crippen LogP contribution in [0.1, 0.15) is 15.9 Å². The summed E-state index contributed by atoms with van der Waals surface area (Å²) < 4.78 is 58.2. The van der Waals surface area contributed by atoms with Crippen LogP contribution in [0.3, 0.4) is 0 Å². The van der Waals surface area contributed by atoms with E-state index in [1.54, 1.807) is 30.3 Å². The number of esters is 1. The predicted octanol–water partition coefficient (Wildman–Crippen LogP) is 1.62. The largest absolute Gasteiger partial charge is 0.453 e. The van der Waals surface area contributed by atoms with E-state index in [2.05, 4.69) is 0 Å². The maximum atomic E-state index is 12.8. The summed E-state index contributed by atoms with van der Waals surface area (Å²) in [5, 5.41) is 0. The van der Waals surface area contributed by atoms with Gasteiger partial charge >= 0.3 is 5.97 Å². The van der Waals surface area contributed by atoms with Gasteiger partial charge in [0, 0.05) is 0 Å². The molecule has 4 bridgehead atoms. The summed E-state index contributed by atoms with van der Waals surface area (Å²) in [4.78, 5) is 12.8. The van der Waals surface area contributed by atoms with Crippen molar-refractivity contribution >= 4 is 16.1 Å². The highest BCUT2D eigenvalue weighted by atomic mass is 32.2. The van der Waals surface area contributed by atoms with Gasteiger partial charge in [-0.05, 0) is 17.7 Å². The topological polar surface area (TPSA) is 107 Å². The quantitative estimate of drug-likeness (QED) is 0.448. The highest BCUT2D eigenvalue weighted by Gasteiger charge is 2.65. The van der Waals surface area contributed by atoms with Crippen LogP contribution < -0.4 is 0 Å². The lowest BCUT2D eigenvalue weighted by molar-refractivity contribution is -0.480. The third kappa shape index (κ3) is 4.29. The maximum Gasteiger partial charge on any atom is 0.338 e. The molecule has 6 rings (SSSR count). The maximum absolute atomic E-state index is 12.8. The molecule has 0 N–H and O–H groups in total. The van der Waals surface area contributed by atoms with Crippen molar-refractivity contribution in [3.63, 3.8) is 0 Å². The van der Waals surface area contributed by atoms with Gasteiger partial charge in [-0.1, -0.05) is 48.5 Å². The Kier molecular flexibility index (Phi) is 5.74. The van der Waals surface area contributed by atoms with E-state index in [0.717, 1.165) is 11.8 Å². The van der Waals surface area contributed by atoms with Crippen LogP contribution in [0.4, 0.5) is 0 Å². The average Bonchev–Trinajstić information content (AvgIpc) is 2.78. The van der Waals surface area contributed by atoms with Gasteiger partial charge in [0.2, 0.25) is 0 Å². The van der Waals surface area contributed by atoms with E-state index in [0.29, 0.717) is 5.56 Å². The smallest absolute Gasteiger partial charge is 0.338 e. The highest BCUT2D eigenvalue weighted by Crippen LogP contribution is 2.44. The van der Waals surface area contributed by atoms with Gasteiger partial charge in [-0.15, -0.1) is 0 Å². The first kappa shape index (κ1) is 21.5. The van der Waals surface area contributed by atoms with Crippen molar-refractivity contribution in [2.45, 2.75) is 49.7 Å². The fourth-order valence-corrected chi connectivity index (χ4v) is 4.86. The molecule has 1 aliphatic carbocycles. The lowest BCUT2D eigenvalue weighted by atomic mass is 9.82. The lowest BCUT2D eigenvalue weighted by Gasteiger charge is -2.57. The molecule has 0 unspecified atom stereocenters. The van der Waals surface area contributed by atoms with Gasteiger partial charge in [-0.2, -0.15) is 8.42 Å². The van der Waals surface area contributed by atoms with Crippen molar-refractivity contribution < 1.29 is 41.1 Å². The van der Waals surface area contributed by atoms with Crippen LogP contribution in [0.25, 0.3) is 0 Å². The molecule has 4 fully saturated rings. The second-order valence-electron chi connectivity index (χ2n) is 7.85. The number of hydrogen-bond acceptors (Lipinski definition) is 9. The number of hydrogen-bond donors (Lipinski definition) is 0. The van der Waals surface area contributed by atoms with E-state index in [1.165, 1.54) is 0 Å². The van der Waals surface area contributed by atoms with Gasteiger partial charge in [0.1, 0.15) is 30.5 Å². The summed E-state index contributed by atoms with van der Waals surface area (Å²) in [7, 11) is -3.86. The Hall–Kier alpha value is -2.34. The minimum absolute atomic E-state index is 0.229. The second-order valence-corrected chi connectivity index (χ2v) is 9.45. The van der Waals surface area contributed by atoms with Crippen LogP contribution in [0.5, 0.6) is 0 Å². The number of ether oxygens (including phenoxy) is 5. The summed E-state index contributed by atoms with van der Waals surface area (Å²) >= 11 is 0. The van der Waals surface area contributed by atoms with Gasteiger partial charge in [0.25, 0.3) is 16.6 Å². The van der Waals surface area contributed by atoms with Crippen LogP contribution in [-0.4, -0.2) is 63.7 Å². The van der Waals surface area contributed by atoms with Crippen molar-refractivity contribution in [2.24, 2.45) is 0 Å². The molecule has 170 valence electrons. The van der Waals surface area contributed by atoms with Crippen LogP contribution >= 0.6 is 0 Å². The van der Waals surface area contributed by atoms with Crippen molar-refractivity contribution in [2.75, 3.05) is 6.26 Å². The van der Waals surface area contributed by atoms with Crippen molar-refractivity contribution in [3.8, 4) is 0 Å². The van der Waals surface area contributed by atoms with E-state index in [-0.39, 0.29) is 6.61 Å². The molecule has 0 amide bonds. The average molecular weight is 462 g/mol. The highest BCUT2D eigenvalue weighted by molar-refractivity contribution is 7.86. The molecule has 0 aromatic heterocycles. The number of benzene rings is 2. The number of rotatable bonds is 7. The molecule has 32 heavy (non-hydrogen) atoms. The molecule has 0 spiro atoms. The summed E-state index contributed by atoms with van der Waals surface area (Å²) in [5.41, 5.74) is 1.26. The standard InChI is InChI=1S/C22H22O9S/c1-32(24,25)31-20-17-15(26-12-13-8-4-2-5-9-13)16-18(19(20)30-22(28-16)29-17)27-21(23)14-10-6-3-7-11-14/h2-11,15-20,22H,12H2,1H3/t15-,16+,17-,18+,19+,20+,22-/m1/s1. The fourth-order valence-electron chi connectivity index (χ4n) is 4.24. The Bertz CT molecular complexity index is 1060. The Morgan fingerprint density at radius 1 is 0.844 bits per heavy atom. The zero-order valence-corrected chi connectivity index (χ0v) is 17.9. The molecule has 7 atom stereocenters. The van der Waals surface area contributed by atoms with E-state index < -0.39 is 59.2 Å². The first-order valence-electron chi connectivity index (χ1n) is 10.2. The lowest BCUT2D eigenvalue weighted by Crippen LogP contribution is -2.76. The first-order chi connectivity index (χ1) is 15.4. The monoisotopic (exact) mass is 462 g/mol. The Balaban J connectivity index is 1.42. The fraction of sp³-hybridized carbons (Fsp3) is 0.409. The van der Waals surface area contributed by atoms with Crippen LogP contribution in [0.15, 0.2) is 60.7 Å². The molecule has 2 aromatic carbocycles. The van der Waals surface area contributed by atoms with Crippen LogP contribution in [0, 0.1) is 0 Å². The molecule has 4 aliphatic rings. The van der Waals surface area contributed by atoms with Gasteiger partial charge in [0.15, 0.2) is 6.10 Å². The van der Waals surface area contributed by atoms with E-state index in [1.807, 2.05) is 30.3 Å². The van der Waals surface area contributed by atoms with E-state index >= 15 is 0 Å². The molecule has 0 radical (unpaired) electrons. The van der Waals surface area contributed by atoms with Gasteiger partial charge in [-0.25, -0.2) is 4.79 Å². The van der Waals surface area contributed by atoms with Crippen molar-refractivity contribution in [3.05, 3.63) is 71.8 Å². The number of carbonyl (C=O) groups is 1. The van der Waals surface area contributed by atoms with E-state index in [9.17, 15) is 13.2 Å². The summed E-state index contributed by atoms with van der Waals surface area (Å²) in [6.07, 6.45) is -4.19. The minimum atomic E-state index is -3.86. The van der Waals surface area contributed by atoms with E-state index in [4.69, 9.17) is 27.9 Å². The zero-order valence-electron chi connectivity index (χ0n) is 17.1. The molecule has 3 heterocycles. The van der Waals surface area contributed by atoms with Gasteiger partial charge in [-0.3, -0.25) is 4.18 Å². The molecule has 10 heteroatoms. The zero-order chi connectivity index (χ0) is 22.3. The first-order valence-corrected chi connectivity index (χ1v) is 12.0. The Morgan fingerprint density at radius 3 is 2.03 bits per heavy atom. The van der Waals surface area contributed by atoms with Crippen LogP contribution in [0.2, 0.25) is 0 Å². The molecular weight excluding hydrogens is 440 g/mol. The van der Waals surface area contributed by atoms with Gasteiger partial charge < -0.3 is 23.7 Å². The Morgan fingerprint density at radius 2 is 1.41 bits per heavy atom. The Labute approximate surface area is 185 Å². The molecule has 3 aliphatic heterocycles. The third-order valence-electron chi connectivity index (χ3n) is 5.57. The molecule has 3 saturated heterocycles. The van der Waals surface area contributed by atoms with Crippen molar-refractivity contribution in [1.29, 1.82) is 0 Å². The summed E-state index contributed by atoms with van der Waals surface area (Å²) in [6, 6.07) is 17.9. The summed E-state index contributed by atoms with van der Waals surface area (Å²) in [6.45, 7) is -0.788. The SMILES string of the molecule is CS(=O)(=O)O[C@H]1[C@@H]2O[C@H]3O[C@@H]([C@H]2OCc2ccccc2)[C@H](OC(=O)c2ccccc2)[C@@H]1O3. The summed E-state index contributed by atoms with van der Waals surface area (Å²) in [5.74, 6) is -0.587. The van der Waals surface area contributed by atoms with Crippen molar-refractivity contribution in [1.82, 2.24) is 0 Å². The number of carbonyl (C=O) groups excluding carboxylic acids is 1. The van der Waals surface area contributed by atoms with Crippen LogP contribution in [-0.2, 0) is 44.6 Å². The third-order valence-corrected chi connectivity index (χ3v) is 6.14. The molecular formula is C22H22O9S. The molecule has 9 nitrogen and oxygen atoms in total. The predicted molar refractivity (Wildman–Crippen MR) is 109 cm³/mol. The molecule has 1 saturated carbocycles.